The molecule has 0 aliphatic rings. The zero-order valence-electron chi connectivity index (χ0n) is 25.9. The van der Waals surface area contributed by atoms with Crippen molar-refractivity contribution in [3.05, 3.63) is 0 Å². The molecule has 0 rings (SSSR count). The van der Waals surface area contributed by atoms with Gasteiger partial charge in [-0.2, -0.15) is 0 Å². The molecule has 0 aromatic carbocycles. The molecule has 0 fully saturated rings. The lowest BCUT2D eigenvalue weighted by molar-refractivity contribution is 0.202. The lowest BCUT2D eigenvalue weighted by Gasteiger charge is -2.14. The van der Waals surface area contributed by atoms with Gasteiger partial charge in [0.25, 0.3) is 0 Å². The van der Waals surface area contributed by atoms with Crippen LogP contribution in [-0.2, 0) is 13.6 Å². The van der Waals surface area contributed by atoms with Crippen LogP contribution in [0, 0.1) is 0 Å². The third-order valence-corrected chi connectivity index (χ3v) is 8.95. The minimum Gasteiger partial charge on any atom is -0.309 e. The van der Waals surface area contributed by atoms with E-state index in [2.05, 4.69) is 13.8 Å². The Morgan fingerprint density at radius 3 is 0.757 bits per heavy atom. The van der Waals surface area contributed by atoms with Crippen LogP contribution in [0.1, 0.15) is 194 Å². The molecule has 0 aromatic rings. The van der Waals surface area contributed by atoms with Gasteiger partial charge in [0.1, 0.15) is 0 Å². The molecule has 0 bridgehead atoms. The topological polar surface area (TPSA) is 35.5 Å². The lowest BCUT2D eigenvalue weighted by atomic mass is 10.0. The van der Waals surface area contributed by atoms with E-state index in [1.54, 1.807) is 6.66 Å². The SMILES string of the molecule is CCCCCCCCCCCCCCCCOP(C)(=O)OCCCCCCCCCCCCCCCC. The van der Waals surface area contributed by atoms with Crippen LogP contribution in [0.2, 0.25) is 0 Å². The van der Waals surface area contributed by atoms with Crippen molar-refractivity contribution in [2.75, 3.05) is 19.9 Å². The van der Waals surface area contributed by atoms with Crippen LogP contribution in [0.15, 0.2) is 0 Å². The first-order chi connectivity index (χ1) is 18.1. The van der Waals surface area contributed by atoms with Crippen LogP contribution in [0.5, 0.6) is 0 Å². The molecule has 0 saturated heterocycles. The Morgan fingerprint density at radius 1 is 0.351 bits per heavy atom. The number of hydrogen-bond donors (Lipinski definition) is 0. The Hall–Kier alpha value is 0.150. The maximum atomic E-state index is 12.4. The fraction of sp³-hybridized carbons (Fsp3) is 1.00. The zero-order chi connectivity index (χ0) is 27.1. The van der Waals surface area contributed by atoms with Crippen LogP contribution in [0.3, 0.4) is 0 Å². The van der Waals surface area contributed by atoms with Crippen LogP contribution in [-0.4, -0.2) is 19.9 Å². The summed E-state index contributed by atoms with van der Waals surface area (Å²) in [6, 6.07) is 0. The van der Waals surface area contributed by atoms with E-state index in [4.69, 9.17) is 9.05 Å². The predicted octanol–water partition coefficient (Wildman–Crippen LogP) is 12.8. The van der Waals surface area contributed by atoms with Crippen molar-refractivity contribution in [1.29, 1.82) is 0 Å². The minimum atomic E-state index is -2.87. The zero-order valence-corrected chi connectivity index (χ0v) is 26.8. The van der Waals surface area contributed by atoms with Gasteiger partial charge in [-0.3, -0.25) is 4.57 Å². The van der Waals surface area contributed by atoms with Crippen molar-refractivity contribution in [3.8, 4) is 0 Å². The molecule has 0 aromatic heterocycles. The van der Waals surface area contributed by atoms with Gasteiger partial charge in [0.15, 0.2) is 0 Å². The summed E-state index contributed by atoms with van der Waals surface area (Å²) in [6.45, 7) is 7.36. The highest BCUT2D eigenvalue weighted by Crippen LogP contribution is 2.44. The Labute approximate surface area is 234 Å². The molecule has 3 nitrogen and oxygen atoms in total. The second-order valence-corrected chi connectivity index (χ2v) is 13.7. The molecular formula is C33H69O3P. The molecule has 37 heavy (non-hydrogen) atoms. The molecule has 0 aliphatic carbocycles. The first-order valence-electron chi connectivity index (χ1n) is 17.0. The summed E-state index contributed by atoms with van der Waals surface area (Å²) >= 11 is 0. The number of rotatable bonds is 32. The summed E-state index contributed by atoms with van der Waals surface area (Å²) in [7, 11) is -2.87. The number of hydrogen-bond acceptors (Lipinski definition) is 3. The van der Waals surface area contributed by atoms with E-state index in [9.17, 15) is 4.57 Å². The highest BCUT2D eigenvalue weighted by Gasteiger charge is 2.15. The minimum absolute atomic E-state index is 0.574. The van der Waals surface area contributed by atoms with Crippen molar-refractivity contribution in [2.24, 2.45) is 0 Å². The summed E-state index contributed by atoms with van der Waals surface area (Å²) in [5, 5.41) is 0. The quantitative estimate of drug-likeness (QED) is 0.0624. The molecule has 4 heteroatoms. The summed E-state index contributed by atoms with van der Waals surface area (Å²) in [4.78, 5) is 0. The van der Waals surface area contributed by atoms with Crippen molar-refractivity contribution in [2.45, 2.75) is 194 Å². The monoisotopic (exact) mass is 544 g/mol. The lowest BCUT2D eigenvalue weighted by Crippen LogP contribution is -1.98. The molecule has 0 aliphatic heterocycles. The van der Waals surface area contributed by atoms with Gasteiger partial charge in [0, 0.05) is 6.66 Å². The average Bonchev–Trinajstić information content (AvgIpc) is 2.88. The first-order valence-corrected chi connectivity index (χ1v) is 19.0. The molecule has 0 saturated carbocycles. The molecule has 0 radical (unpaired) electrons. The normalized spacial score (nSPS) is 12.0. The molecular weight excluding hydrogens is 475 g/mol. The van der Waals surface area contributed by atoms with E-state index in [1.807, 2.05) is 0 Å². The molecule has 0 spiro atoms. The van der Waals surface area contributed by atoms with Crippen molar-refractivity contribution in [1.82, 2.24) is 0 Å². The van der Waals surface area contributed by atoms with Crippen LogP contribution >= 0.6 is 7.60 Å². The highest BCUT2D eigenvalue weighted by atomic mass is 31.2. The highest BCUT2D eigenvalue weighted by molar-refractivity contribution is 7.52. The Morgan fingerprint density at radius 2 is 0.541 bits per heavy atom. The molecule has 0 unspecified atom stereocenters. The van der Waals surface area contributed by atoms with Gasteiger partial charge in [-0.25, -0.2) is 0 Å². The standard InChI is InChI=1S/C33H69O3P/c1-4-6-8-10-12-14-16-18-20-22-24-26-28-30-32-35-37(3,34)36-33-31-29-27-25-23-21-19-17-15-13-11-9-7-5-2/h4-33H2,1-3H3. The smallest absolute Gasteiger partial charge is 0.309 e. The maximum absolute atomic E-state index is 12.4. The van der Waals surface area contributed by atoms with Gasteiger partial charge in [-0.1, -0.05) is 181 Å². The van der Waals surface area contributed by atoms with E-state index < -0.39 is 7.60 Å². The summed E-state index contributed by atoms with van der Waals surface area (Å²) in [5.41, 5.74) is 0. The summed E-state index contributed by atoms with van der Waals surface area (Å²) in [6.07, 6.45) is 37.7. The van der Waals surface area contributed by atoms with Crippen LogP contribution < -0.4 is 0 Å². The first kappa shape index (κ1) is 37.1. The maximum Gasteiger partial charge on any atom is 0.327 e. The van der Waals surface area contributed by atoms with Crippen molar-refractivity contribution >= 4 is 7.60 Å². The Kier molecular flexibility index (Phi) is 30.8. The van der Waals surface area contributed by atoms with E-state index >= 15 is 0 Å². The summed E-state index contributed by atoms with van der Waals surface area (Å²) in [5.74, 6) is 0. The molecule has 0 N–H and O–H groups in total. The van der Waals surface area contributed by atoms with Gasteiger partial charge in [-0.05, 0) is 12.8 Å². The number of unbranched alkanes of at least 4 members (excludes halogenated alkanes) is 26. The Bertz CT molecular complexity index is 430. The van der Waals surface area contributed by atoms with Crippen LogP contribution in [0.25, 0.3) is 0 Å². The summed E-state index contributed by atoms with van der Waals surface area (Å²) < 4.78 is 23.6. The third kappa shape index (κ3) is 32.3. The Balaban J connectivity index is 3.28. The van der Waals surface area contributed by atoms with Gasteiger partial charge >= 0.3 is 7.60 Å². The van der Waals surface area contributed by atoms with Gasteiger partial charge in [0.05, 0.1) is 13.2 Å². The third-order valence-electron chi connectivity index (χ3n) is 7.65. The largest absolute Gasteiger partial charge is 0.327 e. The van der Waals surface area contributed by atoms with E-state index in [0.29, 0.717) is 13.2 Å². The second kappa shape index (κ2) is 30.7. The molecule has 224 valence electrons. The average molecular weight is 545 g/mol. The molecule has 0 heterocycles. The van der Waals surface area contributed by atoms with Gasteiger partial charge < -0.3 is 9.05 Å². The fourth-order valence-electron chi connectivity index (χ4n) is 5.09. The second-order valence-electron chi connectivity index (χ2n) is 11.6. The van der Waals surface area contributed by atoms with Crippen molar-refractivity contribution in [3.63, 3.8) is 0 Å². The van der Waals surface area contributed by atoms with E-state index in [1.165, 1.54) is 167 Å². The van der Waals surface area contributed by atoms with E-state index in [0.717, 1.165) is 12.8 Å². The predicted molar refractivity (Wildman–Crippen MR) is 166 cm³/mol. The van der Waals surface area contributed by atoms with Crippen LogP contribution in [0.4, 0.5) is 0 Å². The molecule has 0 atom stereocenters. The fourth-order valence-corrected chi connectivity index (χ4v) is 6.09. The van der Waals surface area contributed by atoms with Crippen molar-refractivity contribution < 1.29 is 13.6 Å². The van der Waals surface area contributed by atoms with Gasteiger partial charge in [0.2, 0.25) is 0 Å². The van der Waals surface area contributed by atoms with E-state index in [-0.39, 0.29) is 0 Å². The van der Waals surface area contributed by atoms with Gasteiger partial charge in [-0.15, -0.1) is 0 Å². The molecule has 0 amide bonds.